The summed E-state index contributed by atoms with van der Waals surface area (Å²) in [5.41, 5.74) is 1.34. The number of hydrogen-bond donors (Lipinski definition) is 1. The van der Waals surface area contributed by atoms with Crippen molar-refractivity contribution in [1.82, 2.24) is 10.2 Å². The second kappa shape index (κ2) is 12.6. The SMILES string of the molecule is CCCNC(=O)C(CC)N(Cc1ccccc1)C(=O)CSCc1c(F)cccc1Cl. The molecule has 4 nitrogen and oxygen atoms in total. The van der Waals surface area contributed by atoms with Crippen LogP contribution in [0.3, 0.4) is 0 Å². The summed E-state index contributed by atoms with van der Waals surface area (Å²) in [6.45, 7) is 4.80. The van der Waals surface area contributed by atoms with Crippen LogP contribution in [0.25, 0.3) is 0 Å². The number of hydrogen-bond acceptors (Lipinski definition) is 3. The summed E-state index contributed by atoms with van der Waals surface area (Å²) < 4.78 is 14.0. The fraction of sp³-hybridized carbons (Fsp3) is 0.391. The molecule has 0 saturated carbocycles. The van der Waals surface area contributed by atoms with E-state index in [-0.39, 0.29) is 29.1 Å². The highest BCUT2D eigenvalue weighted by molar-refractivity contribution is 7.99. The molecule has 2 aromatic carbocycles. The summed E-state index contributed by atoms with van der Waals surface area (Å²) in [6, 6.07) is 13.6. The lowest BCUT2D eigenvalue weighted by Crippen LogP contribution is -2.49. The number of halogens is 2. The first-order chi connectivity index (χ1) is 14.5. The van der Waals surface area contributed by atoms with Crippen molar-refractivity contribution in [3.05, 3.63) is 70.5 Å². The van der Waals surface area contributed by atoms with Crippen LogP contribution in [0.1, 0.15) is 37.8 Å². The zero-order valence-corrected chi connectivity index (χ0v) is 18.9. The van der Waals surface area contributed by atoms with E-state index in [1.54, 1.807) is 17.0 Å². The van der Waals surface area contributed by atoms with Crippen LogP contribution in [0.4, 0.5) is 4.39 Å². The van der Waals surface area contributed by atoms with Gasteiger partial charge in [0.2, 0.25) is 11.8 Å². The average Bonchev–Trinajstić information content (AvgIpc) is 2.74. The molecule has 0 aliphatic heterocycles. The van der Waals surface area contributed by atoms with Crippen molar-refractivity contribution >= 4 is 35.2 Å². The molecule has 0 saturated heterocycles. The van der Waals surface area contributed by atoms with Gasteiger partial charge in [-0.05, 0) is 30.5 Å². The molecular formula is C23H28ClFN2O2S. The van der Waals surface area contributed by atoms with E-state index < -0.39 is 6.04 Å². The maximum atomic E-state index is 14.0. The minimum atomic E-state index is -0.554. The van der Waals surface area contributed by atoms with Gasteiger partial charge in [0.1, 0.15) is 11.9 Å². The molecule has 0 heterocycles. The monoisotopic (exact) mass is 450 g/mol. The van der Waals surface area contributed by atoms with Crippen LogP contribution in [-0.2, 0) is 21.9 Å². The minimum Gasteiger partial charge on any atom is -0.354 e. The molecule has 7 heteroatoms. The van der Waals surface area contributed by atoms with Crippen LogP contribution in [-0.4, -0.2) is 35.1 Å². The van der Waals surface area contributed by atoms with E-state index in [9.17, 15) is 14.0 Å². The second-order valence-electron chi connectivity index (χ2n) is 6.92. The summed E-state index contributed by atoms with van der Waals surface area (Å²) in [7, 11) is 0. The molecule has 0 fully saturated rings. The van der Waals surface area contributed by atoms with E-state index in [1.807, 2.05) is 44.2 Å². The lowest BCUT2D eigenvalue weighted by atomic mass is 10.1. The molecule has 0 aromatic heterocycles. The number of nitrogens with one attached hydrogen (secondary N) is 1. The first-order valence-corrected chi connectivity index (χ1v) is 11.6. The Bertz CT molecular complexity index is 815. The molecule has 0 aliphatic carbocycles. The third kappa shape index (κ3) is 7.03. The fourth-order valence-electron chi connectivity index (χ4n) is 3.06. The van der Waals surface area contributed by atoms with Gasteiger partial charge in [0.25, 0.3) is 0 Å². The Labute approximate surface area is 187 Å². The van der Waals surface area contributed by atoms with Crippen molar-refractivity contribution in [2.75, 3.05) is 12.3 Å². The summed E-state index contributed by atoms with van der Waals surface area (Å²) in [5, 5.41) is 3.24. The number of benzene rings is 2. The Kier molecular flexibility index (Phi) is 10.2. The van der Waals surface area contributed by atoms with Gasteiger partial charge in [-0.25, -0.2) is 4.39 Å². The largest absolute Gasteiger partial charge is 0.354 e. The first-order valence-electron chi connectivity index (χ1n) is 10.1. The predicted octanol–water partition coefficient (Wildman–Crippen LogP) is 5.05. The lowest BCUT2D eigenvalue weighted by molar-refractivity contribution is -0.139. The van der Waals surface area contributed by atoms with Crippen LogP contribution in [0, 0.1) is 5.82 Å². The van der Waals surface area contributed by atoms with E-state index in [0.29, 0.717) is 30.1 Å². The fourth-order valence-corrected chi connectivity index (χ4v) is 4.31. The number of carbonyl (C=O) groups is 2. The average molecular weight is 451 g/mol. The summed E-state index contributed by atoms with van der Waals surface area (Å²) in [4.78, 5) is 27.4. The lowest BCUT2D eigenvalue weighted by Gasteiger charge is -2.30. The summed E-state index contributed by atoms with van der Waals surface area (Å²) >= 11 is 7.37. The van der Waals surface area contributed by atoms with E-state index in [1.165, 1.54) is 17.8 Å². The Morgan fingerprint density at radius 1 is 1.13 bits per heavy atom. The first kappa shape index (κ1) is 24.2. The topological polar surface area (TPSA) is 49.4 Å². The zero-order chi connectivity index (χ0) is 21.9. The van der Waals surface area contributed by atoms with Gasteiger partial charge in [-0.15, -0.1) is 11.8 Å². The molecule has 1 unspecified atom stereocenters. The van der Waals surface area contributed by atoms with Gasteiger partial charge in [-0.1, -0.05) is 61.8 Å². The van der Waals surface area contributed by atoms with E-state index in [2.05, 4.69) is 5.32 Å². The van der Waals surface area contributed by atoms with Crippen molar-refractivity contribution < 1.29 is 14.0 Å². The van der Waals surface area contributed by atoms with Gasteiger partial charge in [-0.2, -0.15) is 0 Å². The van der Waals surface area contributed by atoms with E-state index in [0.717, 1.165) is 12.0 Å². The van der Waals surface area contributed by atoms with Gasteiger partial charge < -0.3 is 10.2 Å². The number of amides is 2. The van der Waals surface area contributed by atoms with Crippen LogP contribution in [0.15, 0.2) is 48.5 Å². The quantitative estimate of drug-likeness (QED) is 0.521. The normalized spacial score (nSPS) is 11.7. The molecule has 0 bridgehead atoms. The Hall–Kier alpha value is -2.05. The molecule has 1 N–H and O–H groups in total. The smallest absolute Gasteiger partial charge is 0.242 e. The number of rotatable bonds is 11. The van der Waals surface area contributed by atoms with Gasteiger partial charge in [0, 0.05) is 29.4 Å². The Balaban J connectivity index is 2.11. The number of carbonyl (C=O) groups excluding carboxylic acids is 2. The predicted molar refractivity (Wildman–Crippen MR) is 122 cm³/mol. The van der Waals surface area contributed by atoms with Gasteiger partial charge in [-0.3, -0.25) is 9.59 Å². The maximum absolute atomic E-state index is 14.0. The highest BCUT2D eigenvalue weighted by Crippen LogP contribution is 2.24. The number of thioether (sulfide) groups is 1. The Morgan fingerprint density at radius 2 is 1.87 bits per heavy atom. The molecule has 2 amide bonds. The van der Waals surface area contributed by atoms with Crippen LogP contribution >= 0.6 is 23.4 Å². The van der Waals surface area contributed by atoms with Crippen molar-refractivity contribution in [2.24, 2.45) is 0 Å². The molecular weight excluding hydrogens is 423 g/mol. The third-order valence-corrected chi connectivity index (χ3v) is 5.96. The Morgan fingerprint density at radius 3 is 2.50 bits per heavy atom. The highest BCUT2D eigenvalue weighted by atomic mass is 35.5. The number of nitrogens with zero attached hydrogens (tertiary/aromatic N) is 1. The molecule has 0 spiro atoms. The summed E-state index contributed by atoms with van der Waals surface area (Å²) in [5.74, 6) is -0.265. The van der Waals surface area contributed by atoms with E-state index in [4.69, 9.17) is 11.6 Å². The van der Waals surface area contributed by atoms with Crippen molar-refractivity contribution in [2.45, 2.75) is 45.0 Å². The van der Waals surface area contributed by atoms with Crippen LogP contribution < -0.4 is 5.32 Å². The standard InChI is InChI=1S/C23H28ClFN2O2S/c1-3-13-26-23(29)21(4-2)27(14-17-9-6-5-7-10-17)22(28)16-30-15-18-19(24)11-8-12-20(18)25/h5-12,21H,3-4,13-16H2,1-2H3,(H,26,29). The zero-order valence-electron chi connectivity index (χ0n) is 17.4. The second-order valence-corrected chi connectivity index (χ2v) is 8.31. The third-order valence-electron chi connectivity index (χ3n) is 4.66. The van der Waals surface area contributed by atoms with Crippen molar-refractivity contribution in [3.63, 3.8) is 0 Å². The molecule has 1 atom stereocenters. The maximum Gasteiger partial charge on any atom is 0.242 e. The minimum absolute atomic E-state index is 0.134. The van der Waals surface area contributed by atoms with Gasteiger partial charge in [0.05, 0.1) is 5.75 Å². The molecule has 2 rings (SSSR count). The van der Waals surface area contributed by atoms with Gasteiger partial charge >= 0.3 is 0 Å². The molecule has 162 valence electrons. The van der Waals surface area contributed by atoms with Crippen molar-refractivity contribution in [3.8, 4) is 0 Å². The molecule has 2 aromatic rings. The molecule has 0 radical (unpaired) electrons. The molecule has 0 aliphatic rings. The van der Waals surface area contributed by atoms with Crippen molar-refractivity contribution in [1.29, 1.82) is 0 Å². The van der Waals surface area contributed by atoms with Gasteiger partial charge in [0.15, 0.2) is 0 Å². The summed E-state index contributed by atoms with van der Waals surface area (Å²) in [6.07, 6.45) is 1.34. The van der Waals surface area contributed by atoms with E-state index >= 15 is 0 Å². The van der Waals surface area contributed by atoms with Crippen LogP contribution in [0.5, 0.6) is 0 Å². The molecule has 30 heavy (non-hydrogen) atoms. The van der Waals surface area contributed by atoms with Crippen LogP contribution in [0.2, 0.25) is 5.02 Å². The highest BCUT2D eigenvalue weighted by Gasteiger charge is 2.28.